The van der Waals surface area contributed by atoms with Crippen LogP contribution in [0.2, 0.25) is 0 Å². The molecular formula is C18H32N2O8. The van der Waals surface area contributed by atoms with Crippen LogP contribution >= 0.6 is 0 Å². The van der Waals surface area contributed by atoms with Crippen LogP contribution in [0.5, 0.6) is 0 Å². The molecule has 0 saturated carbocycles. The fraction of sp³-hybridized carbons (Fsp3) is 1.00. The van der Waals surface area contributed by atoms with Gasteiger partial charge in [-0.05, 0) is 13.8 Å². The monoisotopic (exact) mass is 404 g/mol. The van der Waals surface area contributed by atoms with Gasteiger partial charge in [-0.2, -0.15) is 0 Å². The minimum Gasteiger partial charge on any atom is -0.355 e. The molecule has 4 N–H and O–H groups in total. The molecule has 4 rings (SSSR count). The zero-order chi connectivity index (χ0) is 19.8. The van der Waals surface area contributed by atoms with Crippen molar-refractivity contribution in [1.82, 2.24) is 0 Å². The number of nitrogens with two attached hydrogens (primary N) is 2. The number of hydrogen-bond acceptors (Lipinski definition) is 10. The van der Waals surface area contributed by atoms with Crippen LogP contribution in [-0.2, 0) is 37.9 Å². The molecule has 4 saturated heterocycles. The zero-order valence-electron chi connectivity index (χ0n) is 16.6. The Morgan fingerprint density at radius 3 is 1.71 bits per heavy atom. The van der Waals surface area contributed by atoms with Crippen LogP contribution in [0.25, 0.3) is 0 Å². The first-order chi connectivity index (χ1) is 13.4. The smallest absolute Gasteiger partial charge is 0.236 e. The molecule has 0 radical (unpaired) electrons. The third-order valence-electron chi connectivity index (χ3n) is 5.77. The Labute approximate surface area is 165 Å². The first kappa shape index (κ1) is 20.9. The Hall–Kier alpha value is -0.400. The van der Waals surface area contributed by atoms with Crippen LogP contribution in [0.1, 0.15) is 13.8 Å². The van der Waals surface area contributed by atoms with E-state index < -0.39 is 24.4 Å². The van der Waals surface area contributed by atoms with E-state index in [1.54, 1.807) is 0 Å². The van der Waals surface area contributed by atoms with Crippen molar-refractivity contribution in [2.24, 2.45) is 22.3 Å². The lowest BCUT2D eigenvalue weighted by atomic mass is 9.88. The first-order valence-corrected chi connectivity index (χ1v) is 9.80. The summed E-state index contributed by atoms with van der Waals surface area (Å²) >= 11 is 0. The molecule has 10 nitrogen and oxygen atoms in total. The molecule has 2 unspecified atom stereocenters. The average molecular weight is 404 g/mol. The topological polar surface area (TPSA) is 126 Å². The van der Waals surface area contributed by atoms with Gasteiger partial charge in [-0.1, -0.05) is 0 Å². The summed E-state index contributed by atoms with van der Waals surface area (Å²) in [6.07, 6.45) is -1.15. The van der Waals surface area contributed by atoms with Crippen molar-refractivity contribution in [3.63, 3.8) is 0 Å². The molecule has 4 heterocycles. The van der Waals surface area contributed by atoms with Crippen molar-refractivity contribution in [3.05, 3.63) is 0 Å². The standard InChI is InChI=1S/C18H32N2O8/c1-12(19)14-23-5-17(6-24-14)7-25-15(26-8-17)18(13(2)20)27-9-16(10-28-18)3-21-11-22-4-16/h12-15H,3-11,19-20H2,1-2H3. The lowest BCUT2D eigenvalue weighted by Crippen LogP contribution is -2.68. The fourth-order valence-electron chi connectivity index (χ4n) is 3.92. The predicted molar refractivity (Wildman–Crippen MR) is 95.0 cm³/mol. The van der Waals surface area contributed by atoms with Crippen molar-refractivity contribution in [3.8, 4) is 0 Å². The Bertz CT molecular complexity index is 512. The Balaban J connectivity index is 1.37. The second-order valence-corrected chi connectivity index (χ2v) is 8.71. The third kappa shape index (κ3) is 3.83. The van der Waals surface area contributed by atoms with Crippen molar-refractivity contribution in [2.75, 3.05) is 59.6 Å². The highest BCUT2D eigenvalue weighted by Gasteiger charge is 2.57. The molecule has 0 aromatic rings. The van der Waals surface area contributed by atoms with E-state index in [2.05, 4.69) is 0 Å². The van der Waals surface area contributed by atoms with Crippen molar-refractivity contribution in [1.29, 1.82) is 0 Å². The molecule has 0 aromatic heterocycles. The Kier molecular flexibility index (Phi) is 5.98. The largest absolute Gasteiger partial charge is 0.355 e. The van der Waals surface area contributed by atoms with E-state index in [0.29, 0.717) is 59.6 Å². The van der Waals surface area contributed by atoms with E-state index in [9.17, 15) is 0 Å². The molecule has 2 spiro atoms. The molecule has 2 atom stereocenters. The lowest BCUT2D eigenvalue weighted by molar-refractivity contribution is -0.425. The molecule has 28 heavy (non-hydrogen) atoms. The van der Waals surface area contributed by atoms with Gasteiger partial charge in [0.15, 0.2) is 6.29 Å². The van der Waals surface area contributed by atoms with Gasteiger partial charge in [0.1, 0.15) is 6.79 Å². The van der Waals surface area contributed by atoms with Gasteiger partial charge in [0, 0.05) is 0 Å². The molecule has 0 amide bonds. The maximum atomic E-state index is 6.24. The van der Waals surface area contributed by atoms with Crippen LogP contribution in [-0.4, -0.2) is 90.1 Å². The van der Waals surface area contributed by atoms with E-state index in [4.69, 9.17) is 49.4 Å². The second-order valence-electron chi connectivity index (χ2n) is 8.71. The van der Waals surface area contributed by atoms with Crippen molar-refractivity contribution >= 4 is 0 Å². The molecule has 0 aliphatic carbocycles. The van der Waals surface area contributed by atoms with Crippen LogP contribution in [0, 0.1) is 10.8 Å². The highest BCUT2D eigenvalue weighted by atomic mass is 16.8. The quantitative estimate of drug-likeness (QED) is 0.614. The summed E-state index contributed by atoms with van der Waals surface area (Å²) in [4.78, 5) is 0. The van der Waals surface area contributed by atoms with E-state index in [1.807, 2.05) is 13.8 Å². The predicted octanol–water partition coefficient (Wildman–Crippen LogP) is -0.853. The summed E-state index contributed by atoms with van der Waals surface area (Å²) in [5, 5.41) is 0. The minimum atomic E-state index is -1.19. The maximum absolute atomic E-state index is 6.24. The van der Waals surface area contributed by atoms with Gasteiger partial charge in [-0.15, -0.1) is 0 Å². The van der Waals surface area contributed by atoms with Crippen LogP contribution < -0.4 is 11.5 Å². The molecular weight excluding hydrogens is 372 g/mol. The Morgan fingerprint density at radius 1 is 0.714 bits per heavy atom. The second kappa shape index (κ2) is 8.03. The summed E-state index contributed by atoms with van der Waals surface area (Å²) in [7, 11) is 0. The van der Waals surface area contributed by atoms with E-state index in [1.165, 1.54) is 0 Å². The number of hydrogen-bond donors (Lipinski definition) is 2. The molecule has 0 aromatic carbocycles. The Morgan fingerprint density at radius 2 is 1.21 bits per heavy atom. The summed E-state index contributed by atoms with van der Waals surface area (Å²) in [6, 6.07) is -0.656. The summed E-state index contributed by atoms with van der Waals surface area (Å²) in [6.45, 7) is 7.49. The van der Waals surface area contributed by atoms with Crippen LogP contribution in [0.15, 0.2) is 0 Å². The molecule has 4 fully saturated rings. The van der Waals surface area contributed by atoms with Gasteiger partial charge < -0.3 is 49.4 Å². The van der Waals surface area contributed by atoms with Crippen molar-refractivity contribution < 1.29 is 37.9 Å². The lowest BCUT2D eigenvalue weighted by Gasteiger charge is -2.53. The SMILES string of the molecule is CC(N)C1OCC2(CO1)COC(C1(C(C)N)OCC3(COCOC3)CO1)OC2. The van der Waals surface area contributed by atoms with Gasteiger partial charge in [-0.25, -0.2) is 0 Å². The van der Waals surface area contributed by atoms with Gasteiger partial charge in [0.25, 0.3) is 0 Å². The molecule has 162 valence electrons. The third-order valence-corrected chi connectivity index (χ3v) is 5.77. The maximum Gasteiger partial charge on any atom is 0.236 e. The van der Waals surface area contributed by atoms with Crippen LogP contribution in [0.4, 0.5) is 0 Å². The van der Waals surface area contributed by atoms with Gasteiger partial charge >= 0.3 is 0 Å². The number of rotatable bonds is 3. The highest BCUT2D eigenvalue weighted by Crippen LogP contribution is 2.40. The highest BCUT2D eigenvalue weighted by molar-refractivity contribution is 4.95. The average Bonchev–Trinajstić information content (AvgIpc) is 2.70. The molecule has 0 bridgehead atoms. The zero-order valence-corrected chi connectivity index (χ0v) is 16.6. The van der Waals surface area contributed by atoms with E-state index in [0.717, 1.165) is 0 Å². The fourth-order valence-corrected chi connectivity index (χ4v) is 3.92. The van der Waals surface area contributed by atoms with Gasteiger partial charge in [0.05, 0.1) is 75.8 Å². The minimum absolute atomic E-state index is 0.194. The van der Waals surface area contributed by atoms with E-state index >= 15 is 0 Å². The first-order valence-electron chi connectivity index (χ1n) is 9.80. The van der Waals surface area contributed by atoms with Gasteiger partial charge in [-0.3, -0.25) is 0 Å². The summed E-state index contributed by atoms with van der Waals surface area (Å²) < 4.78 is 46.7. The summed E-state index contributed by atoms with van der Waals surface area (Å²) in [5.41, 5.74) is 11.4. The van der Waals surface area contributed by atoms with Gasteiger partial charge in [0.2, 0.25) is 12.1 Å². The summed E-state index contributed by atoms with van der Waals surface area (Å²) in [5.74, 6) is -1.19. The van der Waals surface area contributed by atoms with Crippen molar-refractivity contribution in [2.45, 2.75) is 44.3 Å². The molecule has 10 heteroatoms. The van der Waals surface area contributed by atoms with E-state index in [-0.39, 0.29) is 16.9 Å². The van der Waals surface area contributed by atoms with Crippen LogP contribution in [0.3, 0.4) is 0 Å². The number of ether oxygens (including phenoxy) is 8. The molecule has 4 aliphatic rings. The normalized spacial score (nSPS) is 40.3. The molecule has 4 aliphatic heterocycles.